The van der Waals surface area contributed by atoms with E-state index in [2.05, 4.69) is 0 Å². The van der Waals surface area contributed by atoms with Crippen LogP contribution in [0, 0.1) is 0 Å². The fraction of sp³-hybridized carbons (Fsp3) is 0.222. The zero-order chi connectivity index (χ0) is 11.0. The Morgan fingerprint density at radius 3 is 2.13 bits per heavy atom. The summed E-state index contributed by atoms with van der Waals surface area (Å²) in [5.74, 6) is 0.209. The molecule has 0 bridgehead atoms. The Kier molecular flexibility index (Phi) is 13.3. The van der Waals surface area contributed by atoms with Crippen LogP contribution in [0.3, 0.4) is 0 Å². The van der Waals surface area contributed by atoms with Crippen molar-refractivity contribution in [2.24, 2.45) is 0 Å². The van der Waals surface area contributed by atoms with Gasteiger partial charge in [0, 0.05) is 12.0 Å². The third-order valence-corrected chi connectivity index (χ3v) is 1.42. The van der Waals surface area contributed by atoms with Gasteiger partial charge in [-0.05, 0) is 0 Å². The molecule has 4 nitrogen and oxygen atoms in total. The number of hydrogen-bond acceptors (Lipinski definition) is 3. The standard InChI is InChI=1S/C9H10O.K.H2O3S/c1-2-9(10)8-6-4-3-5-7-8;;1-4(2)3/h3-7H,2H2,1H3;;(H2,1,2,3)/q;+1;/p-1. The number of carbonyl (C=O) groups excluding carboxylic acids is 1. The first-order chi connectivity index (χ1) is 6.57. The second-order valence-electron chi connectivity index (χ2n) is 2.36. The first-order valence-electron chi connectivity index (χ1n) is 3.94. The molecule has 1 N–H and O–H groups in total. The smallest absolute Gasteiger partial charge is 0.750 e. The molecule has 0 spiro atoms. The van der Waals surface area contributed by atoms with Crippen LogP contribution in [-0.2, 0) is 11.4 Å². The fourth-order valence-corrected chi connectivity index (χ4v) is 0.828. The summed E-state index contributed by atoms with van der Waals surface area (Å²) in [6.07, 6.45) is 0.587. The molecule has 0 saturated carbocycles. The third-order valence-electron chi connectivity index (χ3n) is 1.42. The van der Waals surface area contributed by atoms with Gasteiger partial charge in [0.1, 0.15) is 0 Å². The molecule has 0 aliphatic heterocycles. The summed E-state index contributed by atoms with van der Waals surface area (Å²) in [5.41, 5.74) is 0.810. The Balaban J connectivity index is 0. The molecule has 1 unspecified atom stereocenters. The second-order valence-corrected chi connectivity index (χ2v) is 2.79. The van der Waals surface area contributed by atoms with Gasteiger partial charge >= 0.3 is 51.4 Å². The molecule has 0 amide bonds. The Labute approximate surface area is 134 Å². The molecule has 6 heteroatoms. The van der Waals surface area contributed by atoms with E-state index in [-0.39, 0.29) is 57.2 Å². The largest absolute Gasteiger partial charge is 1.00 e. The molecule has 0 aliphatic carbocycles. The van der Waals surface area contributed by atoms with E-state index in [0.29, 0.717) is 6.42 Å². The monoisotopic (exact) mass is 254 g/mol. The molecule has 1 rings (SSSR count). The topological polar surface area (TPSA) is 77.4 Å². The number of ketones is 1. The molecule has 0 aliphatic rings. The molecule has 0 aromatic heterocycles. The van der Waals surface area contributed by atoms with Gasteiger partial charge in [0.25, 0.3) is 0 Å². The van der Waals surface area contributed by atoms with Crippen molar-refractivity contribution >= 4 is 17.1 Å². The number of rotatable bonds is 2. The number of benzene rings is 1. The molecule has 0 fully saturated rings. The summed E-state index contributed by atoms with van der Waals surface area (Å²) in [4.78, 5) is 11.0. The molecule has 1 aromatic rings. The van der Waals surface area contributed by atoms with E-state index in [1.165, 1.54) is 0 Å². The predicted molar refractivity (Wildman–Crippen MR) is 52.6 cm³/mol. The summed E-state index contributed by atoms with van der Waals surface area (Å²) in [5, 5.41) is 0. The van der Waals surface area contributed by atoms with Crippen LogP contribution in [-0.4, -0.2) is 19.1 Å². The summed E-state index contributed by atoms with van der Waals surface area (Å²) in [6, 6.07) is 9.34. The van der Waals surface area contributed by atoms with Crippen LogP contribution >= 0.6 is 0 Å². The maximum Gasteiger partial charge on any atom is 1.00 e. The van der Waals surface area contributed by atoms with Crippen molar-refractivity contribution in [2.75, 3.05) is 0 Å². The van der Waals surface area contributed by atoms with Gasteiger partial charge in [-0.3, -0.25) is 4.79 Å². The van der Waals surface area contributed by atoms with Crippen molar-refractivity contribution in [2.45, 2.75) is 13.3 Å². The molecular weight excluding hydrogens is 243 g/mol. The van der Waals surface area contributed by atoms with E-state index in [1.807, 2.05) is 37.3 Å². The van der Waals surface area contributed by atoms with Crippen LogP contribution in [0.1, 0.15) is 23.7 Å². The minimum absolute atomic E-state index is 0. The minimum Gasteiger partial charge on any atom is -0.750 e. The Bertz CT molecular complexity index is 298. The molecule has 15 heavy (non-hydrogen) atoms. The molecule has 0 radical (unpaired) electrons. The van der Waals surface area contributed by atoms with Crippen molar-refractivity contribution in [3.63, 3.8) is 0 Å². The van der Waals surface area contributed by atoms with Gasteiger partial charge in [-0.2, -0.15) is 0 Å². The fourth-order valence-electron chi connectivity index (χ4n) is 0.828. The van der Waals surface area contributed by atoms with Crippen molar-refractivity contribution in [1.29, 1.82) is 0 Å². The van der Waals surface area contributed by atoms with E-state index in [4.69, 9.17) is 13.3 Å². The quantitative estimate of drug-likeness (QED) is 0.401. The zero-order valence-corrected chi connectivity index (χ0v) is 12.6. The Morgan fingerprint density at radius 1 is 1.40 bits per heavy atom. The summed E-state index contributed by atoms with van der Waals surface area (Å²) < 4.78 is 24.1. The molecule has 0 heterocycles. The van der Waals surface area contributed by atoms with Crippen LogP contribution in [0.5, 0.6) is 0 Å². The Morgan fingerprint density at radius 2 is 1.80 bits per heavy atom. The molecule has 1 atom stereocenters. The van der Waals surface area contributed by atoms with Crippen molar-refractivity contribution in [3.05, 3.63) is 35.9 Å². The van der Waals surface area contributed by atoms with Crippen LogP contribution in [0.25, 0.3) is 0 Å². The van der Waals surface area contributed by atoms with E-state index in [1.54, 1.807) is 0 Å². The van der Waals surface area contributed by atoms with Crippen LogP contribution < -0.4 is 51.4 Å². The zero-order valence-electron chi connectivity index (χ0n) is 8.67. The van der Waals surface area contributed by atoms with Crippen molar-refractivity contribution < 1.29 is 69.5 Å². The molecule has 0 saturated heterocycles. The van der Waals surface area contributed by atoms with Gasteiger partial charge in [0.15, 0.2) is 5.78 Å². The van der Waals surface area contributed by atoms with E-state index < -0.39 is 11.4 Å². The van der Waals surface area contributed by atoms with Crippen LogP contribution in [0.15, 0.2) is 30.3 Å². The van der Waals surface area contributed by atoms with Gasteiger partial charge in [-0.15, -0.1) is 0 Å². The van der Waals surface area contributed by atoms with Gasteiger partial charge in [0.2, 0.25) is 0 Å². The predicted octanol–water partition coefficient (Wildman–Crippen LogP) is -1.38. The van der Waals surface area contributed by atoms with Gasteiger partial charge in [0.05, 0.1) is 11.4 Å². The molecule has 78 valence electrons. The van der Waals surface area contributed by atoms with Gasteiger partial charge < -0.3 is 9.11 Å². The van der Waals surface area contributed by atoms with E-state index >= 15 is 0 Å². The van der Waals surface area contributed by atoms with Crippen molar-refractivity contribution in [1.82, 2.24) is 0 Å². The van der Waals surface area contributed by atoms with Gasteiger partial charge in [-0.1, -0.05) is 37.3 Å². The van der Waals surface area contributed by atoms with E-state index in [0.717, 1.165) is 5.56 Å². The number of carbonyl (C=O) groups is 1. The van der Waals surface area contributed by atoms with Crippen LogP contribution in [0.2, 0.25) is 0 Å². The first-order valence-corrected chi connectivity index (χ1v) is 4.97. The minimum atomic E-state index is -2.86. The SMILES string of the molecule is CCC(=O)c1ccccc1.O=S([O-])O.[K+]. The number of hydrogen-bond donors (Lipinski definition) is 1. The van der Waals surface area contributed by atoms with E-state index in [9.17, 15) is 4.79 Å². The average molecular weight is 254 g/mol. The Hall–Kier alpha value is 0.596. The maximum absolute atomic E-state index is 11.0. The first kappa shape index (κ1) is 18.0. The van der Waals surface area contributed by atoms with Crippen LogP contribution in [0.4, 0.5) is 0 Å². The summed E-state index contributed by atoms with van der Waals surface area (Å²) in [6.45, 7) is 1.87. The number of Topliss-reactive ketones (excluding diaryl/α,β-unsaturated/α-hetero) is 1. The average Bonchev–Trinajstić information content (AvgIpc) is 2.17. The van der Waals surface area contributed by atoms with Gasteiger partial charge in [-0.25, -0.2) is 4.21 Å². The normalized spacial score (nSPS) is 10.3. The maximum atomic E-state index is 11.0. The molecular formula is C9H11KO4S. The summed E-state index contributed by atoms with van der Waals surface area (Å²) >= 11 is -2.86. The second kappa shape index (κ2) is 11.1. The van der Waals surface area contributed by atoms with Crippen molar-refractivity contribution in [3.8, 4) is 0 Å². The molecule has 1 aromatic carbocycles. The third kappa shape index (κ3) is 10.9. The summed E-state index contributed by atoms with van der Waals surface area (Å²) in [7, 11) is 0.